The summed E-state index contributed by atoms with van der Waals surface area (Å²) in [5.74, 6) is -0.359. The Morgan fingerprint density at radius 2 is 1.88 bits per heavy atom. The summed E-state index contributed by atoms with van der Waals surface area (Å²) in [5.41, 5.74) is 1.76. The highest BCUT2D eigenvalue weighted by Crippen LogP contribution is 2.31. The quantitative estimate of drug-likeness (QED) is 0.405. The Balaban J connectivity index is 1.55. The SMILES string of the molecule is COc1ccc(N2C(=O)NC(=O)/C(=C/c3cccn3CCOc3cccc(C)c3)C2=O)cc1Cl. The zero-order valence-electron chi connectivity index (χ0n) is 18.6. The standard InChI is InChI=1S/C25H22ClN3O5/c1-16-5-3-7-19(13-16)34-12-11-28-10-4-6-17(28)14-20-23(30)27-25(32)29(24(20)31)18-8-9-22(33-2)21(26)15-18/h3-10,13-15H,11-12H2,1-2H3,(H,27,30,32)/b20-14-. The number of aromatic nitrogens is 1. The van der Waals surface area contributed by atoms with E-state index in [1.807, 2.05) is 42.0 Å². The average Bonchev–Trinajstić information content (AvgIpc) is 3.23. The Kier molecular flexibility index (Phi) is 6.70. The number of amides is 4. The van der Waals surface area contributed by atoms with Crippen LogP contribution in [0.1, 0.15) is 11.3 Å². The molecule has 1 aliphatic heterocycles. The molecule has 1 N–H and O–H groups in total. The van der Waals surface area contributed by atoms with Crippen LogP contribution in [-0.2, 0) is 16.1 Å². The largest absolute Gasteiger partial charge is 0.495 e. The van der Waals surface area contributed by atoms with Crippen LogP contribution in [0.2, 0.25) is 5.02 Å². The molecule has 9 heteroatoms. The van der Waals surface area contributed by atoms with Crippen molar-refractivity contribution in [2.24, 2.45) is 0 Å². The van der Waals surface area contributed by atoms with Crippen molar-refractivity contribution in [2.75, 3.05) is 18.6 Å². The van der Waals surface area contributed by atoms with Crippen molar-refractivity contribution < 1.29 is 23.9 Å². The fraction of sp³-hybridized carbons (Fsp3) is 0.160. The van der Waals surface area contributed by atoms with E-state index in [0.717, 1.165) is 16.2 Å². The Hall–Kier alpha value is -4.04. The molecule has 1 aromatic heterocycles. The third-order valence-corrected chi connectivity index (χ3v) is 5.54. The van der Waals surface area contributed by atoms with Crippen molar-refractivity contribution in [3.8, 4) is 11.5 Å². The monoisotopic (exact) mass is 479 g/mol. The van der Waals surface area contributed by atoms with Gasteiger partial charge in [-0.1, -0.05) is 23.7 Å². The van der Waals surface area contributed by atoms with E-state index in [1.54, 1.807) is 12.1 Å². The molecule has 0 bridgehead atoms. The highest BCUT2D eigenvalue weighted by Gasteiger charge is 2.37. The molecule has 8 nitrogen and oxygen atoms in total. The lowest BCUT2D eigenvalue weighted by molar-refractivity contribution is -0.122. The van der Waals surface area contributed by atoms with E-state index >= 15 is 0 Å². The molecule has 0 atom stereocenters. The molecule has 2 aromatic carbocycles. The molecule has 2 heterocycles. The maximum atomic E-state index is 13.1. The minimum absolute atomic E-state index is 0.175. The van der Waals surface area contributed by atoms with E-state index in [0.29, 0.717) is 24.6 Å². The minimum Gasteiger partial charge on any atom is -0.495 e. The second kappa shape index (κ2) is 9.84. The lowest BCUT2D eigenvalue weighted by Crippen LogP contribution is -2.54. The maximum Gasteiger partial charge on any atom is 0.335 e. The van der Waals surface area contributed by atoms with Crippen LogP contribution in [0.4, 0.5) is 10.5 Å². The van der Waals surface area contributed by atoms with Crippen molar-refractivity contribution >= 4 is 41.2 Å². The number of hydrogen-bond acceptors (Lipinski definition) is 5. The number of methoxy groups -OCH3 is 1. The molecule has 4 amide bonds. The fourth-order valence-corrected chi connectivity index (χ4v) is 3.82. The van der Waals surface area contributed by atoms with Crippen LogP contribution in [0.25, 0.3) is 6.08 Å². The molecule has 0 radical (unpaired) electrons. The van der Waals surface area contributed by atoms with E-state index in [9.17, 15) is 14.4 Å². The molecule has 4 rings (SSSR count). The Labute approximate surface area is 201 Å². The molecule has 0 saturated carbocycles. The first-order valence-corrected chi connectivity index (χ1v) is 10.8. The van der Waals surface area contributed by atoms with Gasteiger partial charge in [-0.3, -0.25) is 14.9 Å². The molecular formula is C25H22ClN3O5. The smallest absolute Gasteiger partial charge is 0.335 e. The van der Waals surface area contributed by atoms with Gasteiger partial charge in [0.25, 0.3) is 11.8 Å². The van der Waals surface area contributed by atoms with Gasteiger partial charge in [0.1, 0.15) is 23.7 Å². The first kappa shape index (κ1) is 23.1. The molecular weight excluding hydrogens is 458 g/mol. The number of nitrogens with one attached hydrogen (secondary N) is 1. The number of carbonyl (C=O) groups excluding carboxylic acids is 3. The fourth-order valence-electron chi connectivity index (χ4n) is 3.56. The van der Waals surface area contributed by atoms with Gasteiger partial charge in [-0.2, -0.15) is 0 Å². The number of halogens is 1. The van der Waals surface area contributed by atoms with Gasteiger partial charge >= 0.3 is 6.03 Å². The van der Waals surface area contributed by atoms with Gasteiger partial charge in [-0.25, -0.2) is 9.69 Å². The van der Waals surface area contributed by atoms with Crippen LogP contribution in [0.5, 0.6) is 11.5 Å². The second-order valence-electron chi connectivity index (χ2n) is 7.57. The number of carbonyl (C=O) groups is 3. The molecule has 3 aromatic rings. The second-order valence-corrected chi connectivity index (χ2v) is 7.98. The van der Waals surface area contributed by atoms with Gasteiger partial charge in [0.05, 0.1) is 24.4 Å². The van der Waals surface area contributed by atoms with Crippen molar-refractivity contribution in [2.45, 2.75) is 13.5 Å². The topological polar surface area (TPSA) is 89.9 Å². The molecule has 1 fully saturated rings. The number of nitrogens with zero attached hydrogens (tertiary/aromatic N) is 2. The van der Waals surface area contributed by atoms with Crippen LogP contribution in [-0.4, -0.2) is 36.1 Å². The number of rotatable bonds is 7. The molecule has 1 saturated heterocycles. The van der Waals surface area contributed by atoms with Gasteiger partial charge in [0.2, 0.25) is 0 Å². The number of aryl methyl sites for hydroxylation is 1. The van der Waals surface area contributed by atoms with Gasteiger partial charge in [-0.05, 0) is 61.0 Å². The number of barbiturate groups is 1. The summed E-state index contributed by atoms with van der Waals surface area (Å²) in [5, 5.41) is 2.44. The molecule has 1 aliphatic rings. The number of hydrogen-bond donors (Lipinski definition) is 1. The highest BCUT2D eigenvalue weighted by molar-refractivity contribution is 6.39. The molecule has 0 spiro atoms. The summed E-state index contributed by atoms with van der Waals surface area (Å²) in [6.07, 6.45) is 3.28. The van der Waals surface area contributed by atoms with Crippen molar-refractivity contribution in [1.29, 1.82) is 0 Å². The van der Waals surface area contributed by atoms with Gasteiger partial charge in [-0.15, -0.1) is 0 Å². The average molecular weight is 480 g/mol. The summed E-state index contributed by atoms with van der Waals surface area (Å²) >= 11 is 6.16. The molecule has 34 heavy (non-hydrogen) atoms. The van der Waals surface area contributed by atoms with Crippen molar-refractivity contribution in [3.63, 3.8) is 0 Å². The summed E-state index contributed by atoms with van der Waals surface area (Å²) in [6.45, 7) is 2.87. The number of imide groups is 2. The minimum atomic E-state index is -0.852. The van der Waals surface area contributed by atoms with E-state index < -0.39 is 17.8 Å². The summed E-state index contributed by atoms with van der Waals surface area (Å²) < 4.78 is 12.8. The normalized spacial score (nSPS) is 15.0. The third-order valence-electron chi connectivity index (χ3n) is 5.24. The van der Waals surface area contributed by atoms with Crippen LogP contribution >= 0.6 is 11.6 Å². The zero-order chi connectivity index (χ0) is 24.2. The van der Waals surface area contributed by atoms with E-state index in [4.69, 9.17) is 21.1 Å². The van der Waals surface area contributed by atoms with E-state index in [1.165, 1.54) is 31.4 Å². The predicted molar refractivity (Wildman–Crippen MR) is 128 cm³/mol. The van der Waals surface area contributed by atoms with Gasteiger partial charge in [0, 0.05) is 11.9 Å². The zero-order valence-corrected chi connectivity index (χ0v) is 19.3. The van der Waals surface area contributed by atoms with Gasteiger partial charge < -0.3 is 14.0 Å². The number of anilines is 1. The van der Waals surface area contributed by atoms with Gasteiger partial charge in [0.15, 0.2) is 0 Å². The predicted octanol–water partition coefficient (Wildman–Crippen LogP) is 4.20. The first-order chi connectivity index (χ1) is 16.4. The Bertz CT molecular complexity index is 1300. The van der Waals surface area contributed by atoms with Crippen molar-refractivity contribution in [1.82, 2.24) is 9.88 Å². The highest BCUT2D eigenvalue weighted by atomic mass is 35.5. The Morgan fingerprint density at radius 3 is 2.62 bits per heavy atom. The van der Waals surface area contributed by atoms with Crippen LogP contribution in [0.3, 0.4) is 0 Å². The van der Waals surface area contributed by atoms with Crippen LogP contribution in [0, 0.1) is 6.92 Å². The van der Waals surface area contributed by atoms with Crippen LogP contribution in [0.15, 0.2) is 66.4 Å². The molecule has 174 valence electrons. The summed E-state index contributed by atoms with van der Waals surface area (Å²) in [4.78, 5) is 39.0. The number of ether oxygens (including phenoxy) is 2. The maximum absolute atomic E-state index is 13.1. The Morgan fingerprint density at radius 1 is 1.06 bits per heavy atom. The van der Waals surface area contributed by atoms with E-state index in [2.05, 4.69) is 5.32 Å². The third kappa shape index (κ3) is 4.82. The number of benzene rings is 2. The first-order valence-electron chi connectivity index (χ1n) is 10.5. The van der Waals surface area contributed by atoms with Crippen molar-refractivity contribution in [3.05, 3.63) is 82.6 Å². The van der Waals surface area contributed by atoms with Crippen LogP contribution < -0.4 is 19.7 Å². The summed E-state index contributed by atoms with van der Waals surface area (Å²) in [6, 6.07) is 14.9. The van der Waals surface area contributed by atoms with E-state index in [-0.39, 0.29) is 16.3 Å². The molecule has 0 unspecified atom stereocenters. The summed E-state index contributed by atoms with van der Waals surface area (Å²) in [7, 11) is 1.46. The molecule has 0 aliphatic carbocycles. The number of urea groups is 1. The lowest BCUT2D eigenvalue weighted by Gasteiger charge is -2.26. The lowest BCUT2D eigenvalue weighted by atomic mass is 10.1.